The van der Waals surface area contributed by atoms with E-state index in [1.54, 1.807) is 6.20 Å². The van der Waals surface area contributed by atoms with E-state index in [-0.39, 0.29) is 11.8 Å². The van der Waals surface area contributed by atoms with Gasteiger partial charge in [-0.2, -0.15) is 0 Å². The Balaban J connectivity index is 2.70. The molecule has 0 aliphatic rings. The molecule has 4 nitrogen and oxygen atoms in total. The first-order valence-electron chi connectivity index (χ1n) is 5.32. The van der Waals surface area contributed by atoms with E-state index in [1.165, 1.54) is 11.3 Å². The fourth-order valence-electron chi connectivity index (χ4n) is 1.28. The lowest BCUT2D eigenvalue weighted by molar-refractivity contribution is -0.124. The summed E-state index contributed by atoms with van der Waals surface area (Å²) in [5.41, 5.74) is 5.33. The van der Waals surface area contributed by atoms with Gasteiger partial charge in [0.1, 0.15) is 5.01 Å². The van der Waals surface area contributed by atoms with E-state index in [4.69, 9.17) is 5.73 Å². The highest BCUT2D eigenvalue weighted by atomic mass is 32.1. The summed E-state index contributed by atoms with van der Waals surface area (Å²) >= 11 is 1.53. The average Bonchev–Trinajstić information content (AvgIpc) is 2.68. The highest BCUT2D eigenvalue weighted by Gasteiger charge is 2.28. The lowest BCUT2D eigenvalue weighted by atomic mass is 10.0. The molecule has 1 aromatic rings. The second kappa shape index (κ2) is 4.93. The molecular formula is C11H19N3OS. The molecule has 0 bridgehead atoms. The van der Waals surface area contributed by atoms with Crippen LogP contribution < -0.4 is 11.1 Å². The van der Waals surface area contributed by atoms with Crippen LogP contribution in [0, 0.1) is 5.92 Å². The van der Waals surface area contributed by atoms with Crippen LogP contribution in [0.1, 0.15) is 32.7 Å². The highest BCUT2D eigenvalue weighted by Crippen LogP contribution is 2.22. The molecule has 0 radical (unpaired) electrons. The fourth-order valence-corrected chi connectivity index (χ4v) is 2.00. The summed E-state index contributed by atoms with van der Waals surface area (Å²) in [5.74, 6) is 0.00212. The Morgan fingerprint density at radius 1 is 1.56 bits per heavy atom. The van der Waals surface area contributed by atoms with E-state index >= 15 is 0 Å². The number of amides is 1. The topological polar surface area (TPSA) is 68.0 Å². The standard InChI is InChI=1S/C11H19N3OS/c1-7(2)8(12)9(15)14-11(3,4)10-13-5-6-16-10/h5-8H,12H2,1-4H3,(H,14,15)/t8-/m1/s1. The molecule has 0 aliphatic carbocycles. The molecule has 0 unspecified atom stereocenters. The van der Waals surface area contributed by atoms with Gasteiger partial charge in [-0.3, -0.25) is 4.79 Å². The second-order valence-electron chi connectivity index (χ2n) is 4.72. The molecule has 0 saturated carbocycles. The third-order valence-electron chi connectivity index (χ3n) is 2.42. The molecule has 0 spiro atoms. The Hall–Kier alpha value is -0.940. The first-order valence-corrected chi connectivity index (χ1v) is 6.20. The molecule has 3 N–H and O–H groups in total. The van der Waals surface area contributed by atoms with E-state index in [9.17, 15) is 4.79 Å². The van der Waals surface area contributed by atoms with Crippen molar-refractivity contribution in [1.82, 2.24) is 10.3 Å². The molecule has 0 aliphatic heterocycles. The number of carbonyl (C=O) groups excluding carboxylic acids is 1. The van der Waals surface area contributed by atoms with Crippen molar-refractivity contribution in [1.29, 1.82) is 0 Å². The predicted octanol–water partition coefficient (Wildman–Crippen LogP) is 1.48. The summed E-state index contributed by atoms with van der Waals surface area (Å²) < 4.78 is 0. The van der Waals surface area contributed by atoms with Crippen LogP contribution >= 0.6 is 11.3 Å². The minimum absolute atomic E-state index is 0.129. The molecule has 1 atom stereocenters. The SMILES string of the molecule is CC(C)[C@@H](N)C(=O)NC(C)(C)c1nccs1. The number of nitrogens with zero attached hydrogens (tertiary/aromatic N) is 1. The second-order valence-corrected chi connectivity index (χ2v) is 5.62. The number of nitrogens with two attached hydrogens (primary N) is 1. The number of nitrogens with one attached hydrogen (secondary N) is 1. The summed E-state index contributed by atoms with van der Waals surface area (Å²) in [5, 5.41) is 5.70. The third-order valence-corrected chi connectivity index (χ3v) is 3.52. The summed E-state index contributed by atoms with van der Waals surface area (Å²) in [4.78, 5) is 16.0. The van der Waals surface area contributed by atoms with Crippen molar-refractivity contribution in [3.05, 3.63) is 16.6 Å². The van der Waals surface area contributed by atoms with E-state index < -0.39 is 11.6 Å². The third kappa shape index (κ3) is 3.02. The Morgan fingerprint density at radius 2 is 2.19 bits per heavy atom. The van der Waals surface area contributed by atoms with Crippen molar-refractivity contribution in [3.63, 3.8) is 0 Å². The summed E-state index contributed by atoms with van der Waals surface area (Å²) in [7, 11) is 0. The number of thiazole rings is 1. The minimum Gasteiger partial charge on any atom is -0.343 e. The van der Waals surface area contributed by atoms with E-state index in [1.807, 2.05) is 33.1 Å². The zero-order valence-electron chi connectivity index (χ0n) is 10.2. The maximum absolute atomic E-state index is 11.8. The van der Waals surface area contributed by atoms with E-state index in [0.29, 0.717) is 0 Å². The maximum Gasteiger partial charge on any atom is 0.237 e. The number of hydrogen-bond donors (Lipinski definition) is 2. The largest absolute Gasteiger partial charge is 0.343 e. The van der Waals surface area contributed by atoms with Gasteiger partial charge in [0.25, 0.3) is 0 Å². The molecule has 1 aromatic heterocycles. The van der Waals surface area contributed by atoms with Crippen molar-refractivity contribution in [2.24, 2.45) is 11.7 Å². The van der Waals surface area contributed by atoms with Crippen LogP contribution in [-0.4, -0.2) is 16.9 Å². The van der Waals surface area contributed by atoms with Crippen LogP contribution in [0.3, 0.4) is 0 Å². The smallest absolute Gasteiger partial charge is 0.237 e. The van der Waals surface area contributed by atoms with E-state index in [2.05, 4.69) is 10.3 Å². The first kappa shape index (κ1) is 13.1. The summed E-state index contributed by atoms with van der Waals surface area (Å²) in [6, 6.07) is -0.473. The monoisotopic (exact) mass is 241 g/mol. The minimum atomic E-state index is -0.473. The van der Waals surface area contributed by atoms with Crippen molar-refractivity contribution >= 4 is 17.2 Å². The summed E-state index contributed by atoms with van der Waals surface area (Å²) in [6.07, 6.45) is 1.73. The maximum atomic E-state index is 11.8. The van der Waals surface area contributed by atoms with Crippen LogP contribution in [0.15, 0.2) is 11.6 Å². The predicted molar refractivity (Wildman–Crippen MR) is 66.1 cm³/mol. The van der Waals surface area contributed by atoms with Gasteiger partial charge >= 0.3 is 0 Å². The molecule has 1 rings (SSSR count). The first-order chi connectivity index (χ1) is 7.34. The van der Waals surface area contributed by atoms with Crippen LogP contribution in [0.4, 0.5) is 0 Å². The molecule has 16 heavy (non-hydrogen) atoms. The van der Waals surface area contributed by atoms with Gasteiger partial charge < -0.3 is 11.1 Å². The van der Waals surface area contributed by atoms with Crippen LogP contribution in [0.2, 0.25) is 0 Å². The molecule has 0 aromatic carbocycles. The fraction of sp³-hybridized carbons (Fsp3) is 0.636. The number of hydrogen-bond acceptors (Lipinski definition) is 4. The normalized spacial score (nSPS) is 13.9. The van der Waals surface area contributed by atoms with Gasteiger partial charge in [0.15, 0.2) is 0 Å². The van der Waals surface area contributed by atoms with Gasteiger partial charge in [-0.05, 0) is 19.8 Å². The van der Waals surface area contributed by atoms with Crippen molar-refractivity contribution < 1.29 is 4.79 Å². The quantitative estimate of drug-likeness (QED) is 0.839. The Morgan fingerprint density at radius 3 is 2.62 bits per heavy atom. The van der Waals surface area contributed by atoms with Gasteiger partial charge in [0.05, 0.1) is 11.6 Å². The van der Waals surface area contributed by atoms with Crippen LogP contribution in [-0.2, 0) is 10.3 Å². The Labute approximate surface area is 100 Å². The highest BCUT2D eigenvalue weighted by molar-refractivity contribution is 7.09. The van der Waals surface area contributed by atoms with Crippen molar-refractivity contribution in [2.75, 3.05) is 0 Å². The number of carbonyl (C=O) groups is 1. The van der Waals surface area contributed by atoms with E-state index in [0.717, 1.165) is 5.01 Å². The lowest BCUT2D eigenvalue weighted by Crippen LogP contribution is -2.50. The molecule has 1 heterocycles. The molecule has 90 valence electrons. The van der Waals surface area contributed by atoms with Crippen molar-refractivity contribution in [3.8, 4) is 0 Å². The van der Waals surface area contributed by atoms with Gasteiger partial charge in [0.2, 0.25) is 5.91 Å². The van der Waals surface area contributed by atoms with Crippen LogP contribution in [0.5, 0.6) is 0 Å². The molecule has 5 heteroatoms. The van der Waals surface area contributed by atoms with Gasteiger partial charge in [-0.15, -0.1) is 11.3 Å². The van der Waals surface area contributed by atoms with Gasteiger partial charge in [0, 0.05) is 11.6 Å². The molecule has 0 saturated heterocycles. The van der Waals surface area contributed by atoms with Gasteiger partial charge in [-0.1, -0.05) is 13.8 Å². The summed E-state index contributed by atoms with van der Waals surface area (Å²) in [6.45, 7) is 7.72. The number of aromatic nitrogens is 1. The van der Waals surface area contributed by atoms with Crippen molar-refractivity contribution in [2.45, 2.75) is 39.3 Å². The van der Waals surface area contributed by atoms with Crippen LogP contribution in [0.25, 0.3) is 0 Å². The molecule has 1 amide bonds. The zero-order chi connectivity index (χ0) is 12.3. The average molecular weight is 241 g/mol. The zero-order valence-corrected chi connectivity index (χ0v) is 11.0. The Bertz CT molecular complexity index is 346. The molecule has 0 fully saturated rings. The van der Waals surface area contributed by atoms with Gasteiger partial charge in [-0.25, -0.2) is 4.98 Å². The molecular weight excluding hydrogens is 222 g/mol. The Kier molecular flexibility index (Phi) is 4.04. The number of rotatable bonds is 4. The lowest BCUT2D eigenvalue weighted by Gasteiger charge is -2.26.